The van der Waals surface area contributed by atoms with Crippen LogP contribution in [0.4, 0.5) is 5.82 Å². The second-order valence-electron chi connectivity index (χ2n) is 4.14. The van der Waals surface area contributed by atoms with Gasteiger partial charge in [0.2, 0.25) is 0 Å². The van der Waals surface area contributed by atoms with Crippen molar-refractivity contribution in [2.45, 2.75) is 32.0 Å². The molecule has 0 atom stereocenters. The van der Waals surface area contributed by atoms with Crippen LogP contribution in [0, 0.1) is 13.8 Å². The van der Waals surface area contributed by atoms with Crippen molar-refractivity contribution in [2.24, 2.45) is 0 Å². The maximum atomic E-state index is 5.55. The Morgan fingerprint density at radius 2 is 2.00 bits per heavy atom. The Bertz CT molecular complexity index is 503. The molecule has 2 rings (SSSR count). The minimum absolute atomic E-state index is 0.570. The minimum atomic E-state index is 0.570. The molecule has 2 aromatic rings. The van der Waals surface area contributed by atoms with Gasteiger partial charge in [-0.3, -0.25) is 4.68 Å². The predicted molar refractivity (Wildman–Crippen MR) is 73.5 cm³/mol. The highest BCUT2D eigenvalue weighted by atomic mass is 32.2. The standard InChI is InChI=1S/C12H17N5S/c1-9-8-10(2)15-12(14-9)18-7-3-5-17-6-4-11(13)16-17/h4,6,8H,3,5,7H2,1-2H3,(H2,13,16). The molecule has 0 radical (unpaired) electrons. The Morgan fingerprint density at radius 3 is 2.61 bits per heavy atom. The van der Waals surface area contributed by atoms with Gasteiger partial charge in [0, 0.05) is 29.9 Å². The first kappa shape index (κ1) is 12.9. The highest BCUT2D eigenvalue weighted by Crippen LogP contribution is 2.15. The van der Waals surface area contributed by atoms with Crippen LogP contribution in [0.3, 0.4) is 0 Å². The molecule has 0 aromatic carbocycles. The SMILES string of the molecule is Cc1cc(C)nc(SCCCn2ccc(N)n2)n1. The summed E-state index contributed by atoms with van der Waals surface area (Å²) in [7, 11) is 0. The maximum Gasteiger partial charge on any atom is 0.187 e. The van der Waals surface area contributed by atoms with Crippen LogP contribution in [0.5, 0.6) is 0 Å². The monoisotopic (exact) mass is 263 g/mol. The number of thioether (sulfide) groups is 1. The molecule has 6 heteroatoms. The number of aromatic nitrogens is 4. The Hall–Kier alpha value is -1.56. The van der Waals surface area contributed by atoms with Gasteiger partial charge in [0.25, 0.3) is 0 Å². The van der Waals surface area contributed by atoms with Crippen LogP contribution in [0.15, 0.2) is 23.5 Å². The van der Waals surface area contributed by atoms with Crippen LogP contribution in [0.25, 0.3) is 0 Å². The third-order valence-electron chi connectivity index (χ3n) is 2.39. The molecule has 2 N–H and O–H groups in total. The van der Waals surface area contributed by atoms with E-state index in [1.165, 1.54) is 0 Å². The fraction of sp³-hybridized carbons (Fsp3) is 0.417. The normalized spacial score (nSPS) is 10.8. The average molecular weight is 263 g/mol. The largest absolute Gasteiger partial charge is 0.382 e. The van der Waals surface area contributed by atoms with E-state index in [9.17, 15) is 0 Å². The third kappa shape index (κ3) is 3.73. The lowest BCUT2D eigenvalue weighted by Crippen LogP contribution is -2.01. The zero-order chi connectivity index (χ0) is 13.0. The van der Waals surface area contributed by atoms with Gasteiger partial charge in [0.15, 0.2) is 5.16 Å². The zero-order valence-electron chi connectivity index (χ0n) is 10.6. The molecule has 5 nitrogen and oxygen atoms in total. The van der Waals surface area contributed by atoms with Crippen molar-refractivity contribution < 1.29 is 0 Å². The first-order valence-corrected chi connectivity index (χ1v) is 6.86. The van der Waals surface area contributed by atoms with E-state index in [2.05, 4.69) is 15.1 Å². The highest BCUT2D eigenvalue weighted by molar-refractivity contribution is 7.99. The molecular weight excluding hydrogens is 246 g/mol. The van der Waals surface area contributed by atoms with Gasteiger partial charge in [-0.05, 0) is 32.4 Å². The molecule has 96 valence electrons. The van der Waals surface area contributed by atoms with Crippen molar-refractivity contribution in [1.82, 2.24) is 19.7 Å². The second-order valence-corrected chi connectivity index (χ2v) is 5.20. The number of aryl methyl sites for hydroxylation is 3. The summed E-state index contributed by atoms with van der Waals surface area (Å²) in [4.78, 5) is 8.78. The molecule has 0 saturated heterocycles. The van der Waals surface area contributed by atoms with Gasteiger partial charge in [0.1, 0.15) is 5.82 Å². The summed E-state index contributed by atoms with van der Waals surface area (Å²) in [5.41, 5.74) is 7.59. The fourth-order valence-electron chi connectivity index (χ4n) is 1.65. The molecule has 0 unspecified atom stereocenters. The predicted octanol–water partition coefficient (Wildman–Crippen LogP) is 2.05. The van der Waals surface area contributed by atoms with Crippen molar-refractivity contribution in [3.8, 4) is 0 Å². The van der Waals surface area contributed by atoms with Gasteiger partial charge in [-0.1, -0.05) is 11.8 Å². The number of nitrogens with two attached hydrogens (primary N) is 1. The molecule has 0 aliphatic rings. The van der Waals surface area contributed by atoms with E-state index in [4.69, 9.17) is 5.73 Å². The van der Waals surface area contributed by atoms with Gasteiger partial charge in [0.05, 0.1) is 0 Å². The number of nitrogens with zero attached hydrogens (tertiary/aromatic N) is 4. The second kappa shape index (κ2) is 5.86. The molecule has 18 heavy (non-hydrogen) atoms. The lowest BCUT2D eigenvalue weighted by atomic mass is 10.4. The third-order valence-corrected chi connectivity index (χ3v) is 3.32. The molecule has 0 saturated carbocycles. The maximum absolute atomic E-state index is 5.55. The molecular formula is C12H17N5S. The lowest BCUT2D eigenvalue weighted by molar-refractivity contribution is 0.608. The topological polar surface area (TPSA) is 69.6 Å². The van der Waals surface area contributed by atoms with Gasteiger partial charge >= 0.3 is 0 Å². The van der Waals surface area contributed by atoms with E-state index in [0.717, 1.165) is 35.3 Å². The molecule has 0 fully saturated rings. The number of rotatable bonds is 5. The summed E-state index contributed by atoms with van der Waals surface area (Å²) in [6, 6.07) is 3.79. The average Bonchev–Trinajstić information content (AvgIpc) is 2.69. The minimum Gasteiger partial charge on any atom is -0.382 e. The first-order chi connectivity index (χ1) is 8.63. The number of hydrogen-bond acceptors (Lipinski definition) is 5. The van der Waals surface area contributed by atoms with E-state index in [-0.39, 0.29) is 0 Å². The molecule has 0 spiro atoms. The van der Waals surface area contributed by atoms with E-state index in [1.54, 1.807) is 17.8 Å². The summed E-state index contributed by atoms with van der Waals surface area (Å²) in [5, 5.41) is 4.99. The first-order valence-electron chi connectivity index (χ1n) is 5.87. The number of nitrogen functional groups attached to an aromatic ring is 1. The van der Waals surface area contributed by atoms with Gasteiger partial charge in [-0.25, -0.2) is 9.97 Å². The Labute approximate surface area is 111 Å². The van der Waals surface area contributed by atoms with Crippen molar-refractivity contribution in [3.05, 3.63) is 29.7 Å². The summed E-state index contributed by atoms with van der Waals surface area (Å²) in [6.45, 7) is 4.85. The summed E-state index contributed by atoms with van der Waals surface area (Å²) in [5.74, 6) is 1.54. The molecule has 0 amide bonds. The van der Waals surface area contributed by atoms with Crippen molar-refractivity contribution >= 4 is 17.6 Å². The number of anilines is 1. The van der Waals surface area contributed by atoms with Crippen LogP contribution < -0.4 is 5.73 Å². The summed E-state index contributed by atoms with van der Waals surface area (Å²) >= 11 is 1.68. The molecule has 2 aromatic heterocycles. The highest BCUT2D eigenvalue weighted by Gasteiger charge is 2.01. The van der Waals surface area contributed by atoms with Crippen LogP contribution >= 0.6 is 11.8 Å². The van der Waals surface area contributed by atoms with Crippen LogP contribution in [0.1, 0.15) is 17.8 Å². The van der Waals surface area contributed by atoms with Crippen molar-refractivity contribution in [1.29, 1.82) is 0 Å². The summed E-state index contributed by atoms with van der Waals surface area (Å²) in [6.07, 6.45) is 2.91. The van der Waals surface area contributed by atoms with Gasteiger partial charge in [-0.15, -0.1) is 0 Å². The van der Waals surface area contributed by atoms with Gasteiger partial charge in [-0.2, -0.15) is 5.10 Å². The van der Waals surface area contributed by atoms with E-state index in [1.807, 2.05) is 30.8 Å². The van der Waals surface area contributed by atoms with E-state index < -0.39 is 0 Å². The Balaban J connectivity index is 1.78. The van der Waals surface area contributed by atoms with E-state index >= 15 is 0 Å². The van der Waals surface area contributed by atoms with Crippen LogP contribution in [-0.2, 0) is 6.54 Å². The fourth-order valence-corrected chi connectivity index (χ4v) is 2.52. The summed E-state index contributed by atoms with van der Waals surface area (Å²) < 4.78 is 1.86. The smallest absolute Gasteiger partial charge is 0.187 e. The Morgan fingerprint density at radius 1 is 1.28 bits per heavy atom. The molecule has 0 aliphatic heterocycles. The van der Waals surface area contributed by atoms with Crippen molar-refractivity contribution in [3.63, 3.8) is 0 Å². The Kier molecular flexibility index (Phi) is 4.19. The van der Waals surface area contributed by atoms with E-state index in [0.29, 0.717) is 5.82 Å². The van der Waals surface area contributed by atoms with Gasteiger partial charge < -0.3 is 5.73 Å². The quantitative estimate of drug-likeness (QED) is 0.508. The molecule has 2 heterocycles. The molecule has 0 aliphatic carbocycles. The van der Waals surface area contributed by atoms with Crippen LogP contribution in [-0.4, -0.2) is 25.5 Å². The zero-order valence-corrected chi connectivity index (χ0v) is 11.4. The number of hydrogen-bond donors (Lipinski definition) is 1. The van der Waals surface area contributed by atoms with Crippen molar-refractivity contribution in [2.75, 3.05) is 11.5 Å². The lowest BCUT2D eigenvalue weighted by Gasteiger charge is -2.03. The van der Waals surface area contributed by atoms with Crippen LogP contribution in [0.2, 0.25) is 0 Å². The molecule has 0 bridgehead atoms.